The first-order chi connectivity index (χ1) is 9.74. The molecule has 0 aromatic heterocycles. The Morgan fingerprint density at radius 2 is 1.55 bits per heavy atom. The third kappa shape index (κ3) is 10.5. The second-order valence-electron chi connectivity index (χ2n) is 5.02. The lowest BCUT2D eigenvalue weighted by Gasteiger charge is -2.29. The molecular formula is C9H27N8O5+3. The summed E-state index contributed by atoms with van der Waals surface area (Å²) in [5, 5.41) is 17.8. The van der Waals surface area contributed by atoms with Gasteiger partial charge in [0.1, 0.15) is 0 Å². The molecule has 0 amide bonds. The highest BCUT2D eigenvalue weighted by atomic mass is 17.0. The third-order valence-corrected chi connectivity index (χ3v) is 2.32. The van der Waals surface area contributed by atoms with Crippen molar-refractivity contribution in [1.82, 2.24) is 0 Å². The first-order valence-corrected chi connectivity index (χ1v) is 6.31. The van der Waals surface area contributed by atoms with Gasteiger partial charge in [0.15, 0.2) is 6.54 Å². The normalized spacial score (nSPS) is 13.1. The van der Waals surface area contributed by atoms with Crippen LogP contribution in [-0.2, 0) is 14.5 Å². The molecule has 0 spiro atoms. The van der Waals surface area contributed by atoms with Crippen molar-refractivity contribution in [1.29, 1.82) is 0 Å². The number of nitrogens with zero attached hydrogens (tertiary/aromatic N) is 3. The summed E-state index contributed by atoms with van der Waals surface area (Å²) in [5.41, 5.74) is 0.272. The van der Waals surface area contributed by atoms with Crippen LogP contribution in [0.25, 0.3) is 0 Å². The number of esters is 1. The predicted molar refractivity (Wildman–Crippen MR) is 71.4 cm³/mol. The standard InChI is InChI=1S/C9H27N8O5/c1-8(2)9(18)21-7-3-4-15(10,11)22-16(12,13)5-6-17(14,19)20/h19-20H,1,3-7,10-14H2,2H3/q+3. The van der Waals surface area contributed by atoms with Crippen LogP contribution in [0.15, 0.2) is 12.2 Å². The molecule has 0 saturated carbocycles. The van der Waals surface area contributed by atoms with Crippen molar-refractivity contribution in [2.75, 3.05) is 26.2 Å². The molecule has 0 fully saturated rings. The van der Waals surface area contributed by atoms with Crippen LogP contribution in [-0.4, -0.2) is 57.3 Å². The predicted octanol–water partition coefficient (Wildman–Crippen LogP) is -3.06. The van der Waals surface area contributed by atoms with Crippen molar-refractivity contribution < 1.29 is 39.5 Å². The number of hydroxylamine groups is 4. The fraction of sp³-hybridized carbons (Fsp3) is 0.667. The fourth-order valence-electron chi connectivity index (χ4n) is 1.27. The van der Waals surface area contributed by atoms with Gasteiger partial charge in [-0.05, 0) is 6.92 Å². The molecule has 0 heterocycles. The van der Waals surface area contributed by atoms with Crippen LogP contribution in [0.2, 0.25) is 0 Å². The summed E-state index contributed by atoms with van der Waals surface area (Å²) in [7, 11) is 0. The van der Waals surface area contributed by atoms with Gasteiger partial charge in [-0.25, -0.2) is 4.79 Å². The van der Waals surface area contributed by atoms with E-state index in [1.165, 1.54) is 6.92 Å². The fourth-order valence-corrected chi connectivity index (χ4v) is 1.27. The molecular weight excluding hydrogens is 300 g/mol. The zero-order chi connectivity index (χ0) is 17.6. The third-order valence-electron chi connectivity index (χ3n) is 2.32. The van der Waals surface area contributed by atoms with Crippen molar-refractivity contribution in [2.24, 2.45) is 29.2 Å². The number of quaternary nitrogens is 3. The Morgan fingerprint density at radius 1 is 1.05 bits per heavy atom. The summed E-state index contributed by atoms with van der Waals surface area (Å²) in [6.07, 6.45) is 0.267. The number of hydrogen-bond acceptors (Lipinski definition) is 10. The molecule has 0 atom stereocenters. The highest BCUT2D eigenvalue weighted by Gasteiger charge is 2.38. The van der Waals surface area contributed by atoms with E-state index in [1.807, 2.05) is 0 Å². The van der Waals surface area contributed by atoms with Gasteiger partial charge >= 0.3 is 5.97 Å². The topological polar surface area (TPSA) is 206 Å². The minimum Gasteiger partial charge on any atom is -0.462 e. The van der Waals surface area contributed by atoms with E-state index in [0.29, 0.717) is 0 Å². The van der Waals surface area contributed by atoms with E-state index in [0.717, 1.165) is 0 Å². The maximum absolute atomic E-state index is 11.2. The van der Waals surface area contributed by atoms with Crippen molar-refractivity contribution in [3.05, 3.63) is 12.2 Å². The van der Waals surface area contributed by atoms with Crippen molar-refractivity contribution in [2.45, 2.75) is 13.3 Å². The maximum atomic E-state index is 11.2. The lowest BCUT2D eigenvalue weighted by molar-refractivity contribution is -1.37. The summed E-state index contributed by atoms with van der Waals surface area (Å²) < 4.78 is 4.85. The van der Waals surface area contributed by atoms with E-state index in [2.05, 4.69) is 6.58 Å². The smallest absolute Gasteiger partial charge is 0.333 e. The van der Waals surface area contributed by atoms with Gasteiger partial charge in [-0.15, -0.1) is 29.2 Å². The van der Waals surface area contributed by atoms with Crippen LogP contribution < -0.4 is 29.2 Å². The molecule has 0 rings (SSSR count). The highest BCUT2D eigenvalue weighted by molar-refractivity contribution is 5.86. The average molecular weight is 327 g/mol. The molecule has 0 aliphatic heterocycles. The number of nitrogens with two attached hydrogens (primary N) is 5. The summed E-state index contributed by atoms with van der Waals surface area (Å²) in [6.45, 7) is 4.27. The molecule has 13 nitrogen and oxygen atoms in total. The minimum atomic E-state index is -1.83. The Bertz CT molecular complexity index is 394. The first-order valence-electron chi connectivity index (χ1n) is 6.31. The molecule has 0 bridgehead atoms. The Labute approximate surface area is 127 Å². The van der Waals surface area contributed by atoms with Crippen LogP contribution in [0.4, 0.5) is 0 Å². The largest absolute Gasteiger partial charge is 0.462 e. The minimum absolute atomic E-state index is 0.0126. The van der Waals surface area contributed by atoms with Crippen molar-refractivity contribution >= 4 is 5.97 Å². The molecule has 130 valence electrons. The lowest BCUT2D eigenvalue weighted by atomic mass is 10.3. The van der Waals surface area contributed by atoms with Crippen LogP contribution in [0.1, 0.15) is 13.3 Å². The average Bonchev–Trinajstić information content (AvgIpc) is 2.30. The van der Waals surface area contributed by atoms with E-state index in [4.69, 9.17) is 49.3 Å². The van der Waals surface area contributed by atoms with Crippen LogP contribution in [0.3, 0.4) is 0 Å². The Kier molecular flexibility index (Phi) is 7.42. The quantitative estimate of drug-likeness (QED) is 0.0538. The van der Waals surface area contributed by atoms with E-state index in [1.54, 1.807) is 0 Å². The molecule has 0 saturated heterocycles. The Hall–Kier alpha value is -1.23. The second kappa shape index (κ2) is 7.86. The molecule has 0 aromatic carbocycles. The molecule has 0 aliphatic rings. The SMILES string of the molecule is C=C(C)C(=O)OCCC[N+](N)(N)O[N+](N)(N)CC[N+](N)(O)O. The van der Waals surface area contributed by atoms with Gasteiger partial charge in [0.05, 0.1) is 11.5 Å². The van der Waals surface area contributed by atoms with Crippen molar-refractivity contribution in [3.8, 4) is 0 Å². The van der Waals surface area contributed by atoms with Gasteiger partial charge in [-0.3, -0.25) is 0 Å². The van der Waals surface area contributed by atoms with Gasteiger partial charge in [-0.2, -0.15) is 10.4 Å². The molecule has 0 aliphatic carbocycles. The van der Waals surface area contributed by atoms with Gasteiger partial charge in [0, 0.05) is 26.6 Å². The molecule has 0 unspecified atom stereocenters. The summed E-state index contributed by atoms with van der Waals surface area (Å²) >= 11 is 0. The van der Waals surface area contributed by atoms with Gasteiger partial charge in [0.2, 0.25) is 13.1 Å². The van der Waals surface area contributed by atoms with Gasteiger partial charge in [-0.1, -0.05) is 6.58 Å². The Morgan fingerprint density at radius 3 is 2.00 bits per heavy atom. The number of ether oxygens (including phenoxy) is 1. The van der Waals surface area contributed by atoms with E-state index < -0.39 is 27.2 Å². The van der Waals surface area contributed by atoms with Crippen LogP contribution in [0.5, 0.6) is 0 Å². The summed E-state index contributed by atoms with van der Waals surface area (Å²) in [5.74, 6) is 26.7. The second-order valence-corrected chi connectivity index (χ2v) is 5.02. The van der Waals surface area contributed by atoms with Crippen LogP contribution in [0, 0.1) is 0 Å². The number of carbonyl (C=O) groups is 1. The summed E-state index contributed by atoms with van der Waals surface area (Å²) in [6, 6.07) is 0. The first kappa shape index (κ1) is 20.8. The zero-order valence-corrected chi connectivity index (χ0v) is 12.6. The molecule has 22 heavy (non-hydrogen) atoms. The van der Waals surface area contributed by atoms with Gasteiger partial charge < -0.3 is 4.74 Å². The van der Waals surface area contributed by atoms with E-state index in [-0.39, 0.29) is 31.7 Å². The zero-order valence-electron chi connectivity index (χ0n) is 12.6. The maximum Gasteiger partial charge on any atom is 0.333 e. The monoisotopic (exact) mass is 327 g/mol. The van der Waals surface area contributed by atoms with E-state index >= 15 is 0 Å². The highest BCUT2D eigenvalue weighted by Crippen LogP contribution is 2.02. The van der Waals surface area contributed by atoms with Crippen LogP contribution >= 0.6 is 0 Å². The molecule has 13 heteroatoms. The lowest BCUT2D eigenvalue weighted by Crippen LogP contribution is -2.74. The van der Waals surface area contributed by atoms with E-state index in [9.17, 15) is 4.79 Å². The molecule has 12 N–H and O–H groups in total. The number of rotatable bonds is 10. The number of carbonyl (C=O) groups excluding carboxylic acids is 1. The Balaban J connectivity index is 4.21. The van der Waals surface area contributed by atoms with Gasteiger partial charge in [0.25, 0.3) is 0 Å². The van der Waals surface area contributed by atoms with Crippen molar-refractivity contribution in [3.63, 3.8) is 0 Å². The summed E-state index contributed by atoms with van der Waals surface area (Å²) in [4.78, 5) is 12.2. The number of hydrogen-bond donors (Lipinski definition) is 7. The molecule has 0 radical (unpaired) electrons. The molecule has 0 aromatic rings.